The molecule has 26 heavy (non-hydrogen) atoms. The minimum Gasteiger partial charge on any atom is -0.495 e. The molecule has 0 aliphatic rings. The Labute approximate surface area is 156 Å². The Kier molecular flexibility index (Phi) is 5.26. The van der Waals surface area contributed by atoms with Crippen LogP contribution in [0.25, 0.3) is 0 Å². The zero-order valence-electron chi connectivity index (χ0n) is 14.0. The topological polar surface area (TPSA) is 94.3 Å². The number of nitrogens with zero attached hydrogens (tertiary/aromatic N) is 2. The summed E-state index contributed by atoms with van der Waals surface area (Å²) in [7, 11) is -2.46. The fourth-order valence-corrected chi connectivity index (χ4v) is 3.90. The molecule has 0 aliphatic carbocycles. The van der Waals surface area contributed by atoms with Crippen LogP contribution in [0.1, 0.15) is 23.4 Å². The third-order valence-corrected chi connectivity index (χ3v) is 5.34. The van der Waals surface area contributed by atoms with Crippen molar-refractivity contribution in [2.75, 3.05) is 7.11 Å². The van der Waals surface area contributed by atoms with Gasteiger partial charge in [-0.2, -0.15) is 4.72 Å². The molecule has 1 atom stereocenters. The van der Waals surface area contributed by atoms with Crippen molar-refractivity contribution in [2.45, 2.75) is 17.9 Å². The normalized spacial score (nSPS) is 12.7. The predicted octanol–water partition coefficient (Wildman–Crippen LogP) is 3.11. The summed E-state index contributed by atoms with van der Waals surface area (Å²) >= 11 is 6.05. The van der Waals surface area contributed by atoms with E-state index in [-0.39, 0.29) is 15.8 Å². The first-order valence-corrected chi connectivity index (χ1v) is 9.47. The van der Waals surface area contributed by atoms with Gasteiger partial charge in [0.2, 0.25) is 21.8 Å². The second-order valence-electron chi connectivity index (χ2n) is 5.42. The van der Waals surface area contributed by atoms with Crippen molar-refractivity contribution in [1.82, 2.24) is 14.9 Å². The van der Waals surface area contributed by atoms with Crippen LogP contribution in [0, 0.1) is 6.92 Å². The molecule has 7 nitrogen and oxygen atoms in total. The zero-order valence-corrected chi connectivity index (χ0v) is 15.6. The second kappa shape index (κ2) is 7.45. The summed E-state index contributed by atoms with van der Waals surface area (Å²) in [6.07, 6.45) is 0. The van der Waals surface area contributed by atoms with E-state index in [1.54, 1.807) is 31.2 Å². The highest BCUT2D eigenvalue weighted by molar-refractivity contribution is 7.89. The first-order chi connectivity index (χ1) is 12.4. The van der Waals surface area contributed by atoms with E-state index < -0.39 is 16.1 Å². The van der Waals surface area contributed by atoms with Crippen LogP contribution in [0.5, 0.6) is 5.75 Å². The number of nitrogens with one attached hydrogen (secondary N) is 1. The minimum absolute atomic E-state index is 0.000434. The molecular formula is C17H16ClN3O4S. The van der Waals surface area contributed by atoms with Crippen LogP contribution in [-0.4, -0.2) is 25.7 Å². The van der Waals surface area contributed by atoms with Gasteiger partial charge in [-0.25, -0.2) is 8.42 Å². The maximum Gasteiger partial charge on any atom is 0.241 e. The molecule has 0 amide bonds. The highest BCUT2D eigenvalue weighted by Crippen LogP contribution is 2.29. The Bertz CT molecular complexity index is 1010. The van der Waals surface area contributed by atoms with Gasteiger partial charge >= 0.3 is 0 Å². The number of sulfonamides is 1. The van der Waals surface area contributed by atoms with Gasteiger partial charge < -0.3 is 9.15 Å². The lowest BCUT2D eigenvalue weighted by Gasteiger charge is -2.16. The second-order valence-corrected chi connectivity index (χ2v) is 7.54. The lowest BCUT2D eigenvalue weighted by molar-refractivity contribution is 0.414. The molecule has 0 radical (unpaired) electrons. The molecule has 0 saturated heterocycles. The van der Waals surface area contributed by atoms with E-state index in [2.05, 4.69) is 14.9 Å². The number of halogens is 1. The van der Waals surface area contributed by atoms with Crippen molar-refractivity contribution in [3.63, 3.8) is 0 Å². The average Bonchev–Trinajstić information content (AvgIpc) is 3.06. The number of methoxy groups -OCH3 is 1. The van der Waals surface area contributed by atoms with Gasteiger partial charge in [-0.15, -0.1) is 10.2 Å². The van der Waals surface area contributed by atoms with Crippen molar-refractivity contribution in [3.05, 3.63) is 70.9 Å². The first-order valence-electron chi connectivity index (χ1n) is 7.61. The monoisotopic (exact) mass is 393 g/mol. The van der Waals surface area contributed by atoms with Crippen molar-refractivity contribution in [3.8, 4) is 5.75 Å². The molecule has 1 unspecified atom stereocenters. The summed E-state index contributed by atoms with van der Waals surface area (Å²) in [5.41, 5.74) is 0.666. The summed E-state index contributed by atoms with van der Waals surface area (Å²) < 4.78 is 38.8. The molecule has 1 heterocycles. The van der Waals surface area contributed by atoms with Gasteiger partial charge in [0.15, 0.2) is 0 Å². The zero-order chi connectivity index (χ0) is 18.7. The van der Waals surface area contributed by atoms with Crippen molar-refractivity contribution >= 4 is 21.6 Å². The van der Waals surface area contributed by atoms with E-state index >= 15 is 0 Å². The summed E-state index contributed by atoms with van der Waals surface area (Å²) in [6, 6.07) is 12.4. The van der Waals surface area contributed by atoms with Crippen molar-refractivity contribution in [2.24, 2.45) is 0 Å². The van der Waals surface area contributed by atoms with E-state index in [9.17, 15) is 8.42 Å². The average molecular weight is 394 g/mol. The Hall–Kier alpha value is -2.42. The van der Waals surface area contributed by atoms with Crippen molar-refractivity contribution < 1.29 is 17.6 Å². The highest BCUT2D eigenvalue weighted by atomic mass is 35.5. The third-order valence-electron chi connectivity index (χ3n) is 3.63. The number of hydrogen-bond acceptors (Lipinski definition) is 6. The molecule has 0 spiro atoms. The van der Waals surface area contributed by atoms with Crippen molar-refractivity contribution in [1.29, 1.82) is 0 Å². The van der Waals surface area contributed by atoms with Gasteiger partial charge in [0.05, 0.1) is 17.0 Å². The number of aromatic nitrogens is 2. The number of benzene rings is 2. The van der Waals surface area contributed by atoms with Gasteiger partial charge in [0.1, 0.15) is 11.8 Å². The number of ether oxygens (including phenoxy) is 1. The summed E-state index contributed by atoms with van der Waals surface area (Å²) in [4.78, 5) is 0.000434. The van der Waals surface area contributed by atoms with Gasteiger partial charge in [-0.05, 0) is 23.8 Å². The van der Waals surface area contributed by atoms with Crippen LogP contribution < -0.4 is 9.46 Å². The highest BCUT2D eigenvalue weighted by Gasteiger charge is 2.27. The molecule has 0 aliphatic heterocycles. The number of hydrogen-bond donors (Lipinski definition) is 1. The smallest absolute Gasteiger partial charge is 0.241 e. The van der Waals surface area contributed by atoms with Crippen LogP contribution in [0.2, 0.25) is 5.02 Å². The molecule has 2 aromatic carbocycles. The molecule has 3 rings (SSSR count). The Morgan fingerprint density at radius 3 is 2.46 bits per heavy atom. The lowest BCUT2D eigenvalue weighted by Crippen LogP contribution is -2.29. The summed E-state index contributed by atoms with van der Waals surface area (Å²) in [5.74, 6) is 0.877. The maximum atomic E-state index is 12.8. The molecule has 1 N–H and O–H groups in total. The van der Waals surface area contributed by atoms with Gasteiger partial charge in [0.25, 0.3) is 0 Å². The molecule has 0 saturated carbocycles. The SMILES string of the molecule is COc1ccc(S(=O)(=O)NC(c2ccccc2)c2nnc(C)o2)cc1Cl. The van der Waals surface area contributed by atoms with Gasteiger partial charge in [-0.1, -0.05) is 41.9 Å². The van der Waals surface area contributed by atoms with Gasteiger partial charge in [-0.3, -0.25) is 0 Å². The Morgan fingerprint density at radius 1 is 1.15 bits per heavy atom. The molecular weight excluding hydrogens is 378 g/mol. The standard InChI is InChI=1S/C17H16ClN3O4S/c1-11-19-20-17(25-11)16(12-6-4-3-5-7-12)21-26(22,23)13-8-9-15(24-2)14(18)10-13/h3-10,16,21H,1-2H3. The predicted molar refractivity (Wildman–Crippen MR) is 95.6 cm³/mol. The van der Waals surface area contributed by atoms with E-state index in [0.29, 0.717) is 17.2 Å². The maximum absolute atomic E-state index is 12.8. The first kappa shape index (κ1) is 18.4. The fraction of sp³-hybridized carbons (Fsp3) is 0.176. The fourth-order valence-electron chi connectivity index (χ4n) is 2.37. The van der Waals surface area contributed by atoms with Crippen LogP contribution >= 0.6 is 11.6 Å². The van der Waals surface area contributed by atoms with E-state index in [0.717, 1.165) is 0 Å². The molecule has 0 bridgehead atoms. The molecule has 9 heteroatoms. The van der Waals surface area contributed by atoms with E-state index in [1.807, 2.05) is 6.07 Å². The quantitative estimate of drug-likeness (QED) is 0.691. The number of rotatable bonds is 6. The van der Waals surface area contributed by atoms with E-state index in [4.69, 9.17) is 20.8 Å². The van der Waals surface area contributed by atoms with Crippen LogP contribution in [0.3, 0.4) is 0 Å². The summed E-state index contributed by atoms with van der Waals surface area (Å²) in [5, 5.41) is 7.93. The molecule has 3 aromatic rings. The van der Waals surface area contributed by atoms with Crippen LogP contribution in [0.4, 0.5) is 0 Å². The molecule has 0 fully saturated rings. The Balaban J connectivity index is 1.99. The number of aryl methyl sites for hydroxylation is 1. The lowest BCUT2D eigenvalue weighted by atomic mass is 10.1. The molecule has 136 valence electrons. The largest absolute Gasteiger partial charge is 0.495 e. The van der Waals surface area contributed by atoms with Crippen LogP contribution in [-0.2, 0) is 10.0 Å². The van der Waals surface area contributed by atoms with Gasteiger partial charge in [0, 0.05) is 6.92 Å². The van der Waals surface area contributed by atoms with Crippen LogP contribution in [0.15, 0.2) is 57.8 Å². The van der Waals surface area contributed by atoms with E-state index in [1.165, 1.54) is 25.3 Å². The summed E-state index contributed by atoms with van der Waals surface area (Å²) in [6.45, 7) is 1.64. The Morgan fingerprint density at radius 2 is 1.88 bits per heavy atom. The molecule has 1 aromatic heterocycles. The third kappa shape index (κ3) is 3.87. The minimum atomic E-state index is -3.91.